The van der Waals surface area contributed by atoms with E-state index in [0.717, 1.165) is 29.9 Å². The van der Waals surface area contributed by atoms with Gasteiger partial charge in [-0.25, -0.2) is 0 Å². The third-order valence-electron chi connectivity index (χ3n) is 4.87. The Morgan fingerprint density at radius 1 is 1.23 bits per heavy atom. The van der Waals surface area contributed by atoms with E-state index in [1.165, 1.54) is 0 Å². The molecule has 1 aromatic carbocycles. The van der Waals surface area contributed by atoms with Gasteiger partial charge in [0, 0.05) is 31.1 Å². The Balaban J connectivity index is 1.70. The zero-order valence-corrected chi connectivity index (χ0v) is 13.4. The van der Waals surface area contributed by atoms with Crippen LogP contribution in [0.25, 0.3) is 0 Å². The van der Waals surface area contributed by atoms with Gasteiger partial charge >= 0.3 is 0 Å². The average Bonchev–Trinajstić information content (AvgIpc) is 3.17. The molecular weight excluding hydrogens is 278 g/mol. The van der Waals surface area contributed by atoms with Gasteiger partial charge in [0.1, 0.15) is 11.5 Å². The fourth-order valence-electron chi connectivity index (χ4n) is 3.66. The predicted octanol–water partition coefficient (Wildman–Crippen LogP) is 2.87. The van der Waals surface area contributed by atoms with Crippen LogP contribution >= 0.6 is 0 Å². The highest BCUT2D eigenvalue weighted by molar-refractivity contribution is 5.80. The molecule has 2 aliphatic carbocycles. The van der Waals surface area contributed by atoms with Gasteiger partial charge in [0.05, 0.1) is 14.2 Å². The van der Waals surface area contributed by atoms with Crippen molar-refractivity contribution in [1.29, 1.82) is 0 Å². The van der Waals surface area contributed by atoms with Crippen molar-refractivity contribution in [3.8, 4) is 11.5 Å². The summed E-state index contributed by atoms with van der Waals surface area (Å²) in [6.45, 7) is 0.559. The van der Waals surface area contributed by atoms with Crippen molar-refractivity contribution in [2.45, 2.75) is 19.4 Å². The molecule has 0 N–H and O–H groups in total. The van der Waals surface area contributed by atoms with Crippen LogP contribution in [0.5, 0.6) is 11.5 Å². The highest BCUT2D eigenvalue weighted by Crippen LogP contribution is 2.44. The van der Waals surface area contributed by atoms with E-state index in [4.69, 9.17) is 9.47 Å². The number of hydrogen-bond donors (Lipinski definition) is 0. The number of carbonyl (C=O) groups excluding carboxylic acids is 1. The first-order valence-electron chi connectivity index (χ1n) is 7.76. The van der Waals surface area contributed by atoms with Crippen molar-refractivity contribution in [1.82, 2.24) is 4.90 Å². The van der Waals surface area contributed by atoms with Gasteiger partial charge < -0.3 is 14.4 Å². The third kappa shape index (κ3) is 2.70. The first kappa shape index (κ1) is 14.9. The number of hydrogen-bond acceptors (Lipinski definition) is 3. The Hall–Kier alpha value is -1.97. The summed E-state index contributed by atoms with van der Waals surface area (Å²) in [4.78, 5) is 14.5. The van der Waals surface area contributed by atoms with E-state index in [9.17, 15) is 4.79 Å². The maximum Gasteiger partial charge on any atom is 0.226 e. The van der Waals surface area contributed by atoms with E-state index in [2.05, 4.69) is 12.2 Å². The Labute approximate surface area is 131 Å². The van der Waals surface area contributed by atoms with Gasteiger partial charge in [-0.1, -0.05) is 12.2 Å². The minimum absolute atomic E-state index is 0.157. The second-order valence-corrected chi connectivity index (χ2v) is 6.26. The van der Waals surface area contributed by atoms with Gasteiger partial charge in [-0.2, -0.15) is 0 Å². The predicted molar refractivity (Wildman–Crippen MR) is 84.9 cm³/mol. The van der Waals surface area contributed by atoms with Gasteiger partial charge in [-0.3, -0.25) is 4.79 Å². The molecule has 0 heterocycles. The maximum absolute atomic E-state index is 12.7. The molecule has 0 spiro atoms. The minimum Gasteiger partial charge on any atom is -0.497 e. The molecule has 0 radical (unpaired) electrons. The van der Waals surface area contributed by atoms with Crippen LogP contribution in [0.1, 0.15) is 18.4 Å². The van der Waals surface area contributed by atoms with Crippen LogP contribution in [-0.2, 0) is 11.3 Å². The quantitative estimate of drug-likeness (QED) is 0.785. The molecule has 2 bridgehead atoms. The van der Waals surface area contributed by atoms with Crippen LogP contribution in [0, 0.1) is 17.8 Å². The van der Waals surface area contributed by atoms with Crippen LogP contribution in [0.2, 0.25) is 0 Å². The van der Waals surface area contributed by atoms with Crippen LogP contribution < -0.4 is 9.47 Å². The molecule has 0 saturated heterocycles. The summed E-state index contributed by atoms with van der Waals surface area (Å²) in [5.74, 6) is 2.97. The number of ether oxygens (including phenoxy) is 2. The molecule has 1 fully saturated rings. The molecule has 1 amide bonds. The van der Waals surface area contributed by atoms with Crippen LogP contribution in [0.15, 0.2) is 30.4 Å². The van der Waals surface area contributed by atoms with Gasteiger partial charge in [-0.15, -0.1) is 0 Å². The smallest absolute Gasteiger partial charge is 0.226 e. The second-order valence-electron chi connectivity index (χ2n) is 6.26. The topological polar surface area (TPSA) is 38.8 Å². The van der Waals surface area contributed by atoms with E-state index >= 15 is 0 Å². The summed E-state index contributed by atoms with van der Waals surface area (Å²) in [5, 5.41) is 0. The van der Waals surface area contributed by atoms with Crippen molar-refractivity contribution < 1.29 is 14.3 Å². The Morgan fingerprint density at radius 2 is 2.05 bits per heavy atom. The average molecular weight is 301 g/mol. The van der Waals surface area contributed by atoms with Crippen molar-refractivity contribution in [3.63, 3.8) is 0 Å². The molecule has 0 aromatic heterocycles. The summed E-state index contributed by atoms with van der Waals surface area (Å²) in [6, 6.07) is 5.71. The SMILES string of the molecule is COc1ccc(CN(C)C(=O)[C@H]2C[C@@H]3C=C[C@H]2C3)c(OC)c1. The molecular formula is C18H23NO3. The van der Waals surface area contributed by atoms with Crippen LogP contribution in [0.3, 0.4) is 0 Å². The number of methoxy groups -OCH3 is 2. The normalized spacial score (nSPS) is 25.3. The lowest BCUT2D eigenvalue weighted by atomic mass is 9.92. The van der Waals surface area contributed by atoms with Gasteiger partial charge in [0.2, 0.25) is 5.91 Å². The fraction of sp³-hybridized carbons (Fsp3) is 0.500. The second kappa shape index (κ2) is 6.03. The highest BCUT2D eigenvalue weighted by atomic mass is 16.5. The molecule has 4 nitrogen and oxygen atoms in total. The summed E-state index contributed by atoms with van der Waals surface area (Å²) in [5.41, 5.74) is 0.998. The Kier molecular flexibility index (Phi) is 4.10. The first-order valence-corrected chi connectivity index (χ1v) is 7.76. The molecule has 4 heteroatoms. The number of allylic oxidation sites excluding steroid dienone is 2. The van der Waals surface area contributed by atoms with Crippen LogP contribution in [0.4, 0.5) is 0 Å². The van der Waals surface area contributed by atoms with E-state index in [0.29, 0.717) is 18.4 Å². The number of rotatable bonds is 5. The molecule has 0 unspecified atom stereocenters. The number of amides is 1. The Bertz CT molecular complexity index is 596. The number of benzene rings is 1. The molecule has 1 saturated carbocycles. The number of carbonyl (C=O) groups is 1. The van der Waals surface area contributed by atoms with E-state index in [1.54, 1.807) is 14.2 Å². The number of nitrogens with zero attached hydrogens (tertiary/aromatic N) is 1. The summed E-state index contributed by atoms with van der Waals surface area (Å²) >= 11 is 0. The molecule has 118 valence electrons. The van der Waals surface area contributed by atoms with E-state index < -0.39 is 0 Å². The lowest BCUT2D eigenvalue weighted by Crippen LogP contribution is -2.34. The summed E-state index contributed by atoms with van der Waals surface area (Å²) < 4.78 is 10.6. The lowest BCUT2D eigenvalue weighted by Gasteiger charge is -2.25. The molecule has 3 rings (SSSR count). The highest BCUT2D eigenvalue weighted by Gasteiger charge is 2.40. The van der Waals surface area contributed by atoms with Gasteiger partial charge in [-0.05, 0) is 36.8 Å². The zero-order valence-electron chi connectivity index (χ0n) is 13.4. The summed E-state index contributed by atoms with van der Waals surface area (Å²) in [6.07, 6.45) is 6.64. The maximum atomic E-state index is 12.7. The zero-order chi connectivity index (χ0) is 15.7. The molecule has 2 aliphatic rings. The van der Waals surface area contributed by atoms with Crippen molar-refractivity contribution in [2.75, 3.05) is 21.3 Å². The van der Waals surface area contributed by atoms with E-state index in [-0.39, 0.29) is 11.8 Å². The molecule has 3 atom stereocenters. The molecule has 0 aliphatic heterocycles. The molecule has 1 aromatic rings. The fourth-order valence-corrected chi connectivity index (χ4v) is 3.66. The van der Waals surface area contributed by atoms with Crippen molar-refractivity contribution in [2.24, 2.45) is 17.8 Å². The van der Waals surface area contributed by atoms with Gasteiger partial charge in [0.15, 0.2) is 0 Å². The monoisotopic (exact) mass is 301 g/mol. The van der Waals surface area contributed by atoms with Crippen molar-refractivity contribution >= 4 is 5.91 Å². The number of fused-ring (bicyclic) bond motifs is 2. The minimum atomic E-state index is 0.157. The van der Waals surface area contributed by atoms with Crippen LogP contribution in [-0.4, -0.2) is 32.1 Å². The van der Waals surface area contributed by atoms with Gasteiger partial charge in [0.25, 0.3) is 0 Å². The lowest BCUT2D eigenvalue weighted by molar-refractivity contribution is -0.135. The summed E-state index contributed by atoms with van der Waals surface area (Å²) in [7, 11) is 5.15. The molecule has 22 heavy (non-hydrogen) atoms. The first-order chi connectivity index (χ1) is 10.6. The standard InChI is InChI=1S/C18H23NO3/c1-19(18(20)16-9-12-4-5-13(16)8-12)11-14-6-7-15(21-2)10-17(14)22-3/h4-7,10,12-13,16H,8-9,11H2,1-3H3/t12-,13+,16+/m1/s1. The Morgan fingerprint density at radius 3 is 2.64 bits per heavy atom. The largest absolute Gasteiger partial charge is 0.497 e. The van der Waals surface area contributed by atoms with E-state index in [1.807, 2.05) is 30.1 Å². The third-order valence-corrected chi connectivity index (χ3v) is 4.87. The van der Waals surface area contributed by atoms with Crippen molar-refractivity contribution in [3.05, 3.63) is 35.9 Å².